The summed E-state index contributed by atoms with van der Waals surface area (Å²) < 4.78 is 11.1. The summed E-state index contributed by atoms with van der Waals surface area (Å²) in [5.41, 5.74) is 5.28. The van der Waals surface area contributed by atoms with Crippen LogP contribution in [-0.4, -0.2) is 10.9 Å². The van der Waals surface area contributed by atoms with Gasteiger partial charge < -0.3 is 14.2 Å². The molecule has 0 aliphatic rings. The highest BCUT2D eigenvalue weighted by atomic mass is 16.3. The van der Waals surface area contributed by atoms with Crippen LogP contribution in [0.15, 0.2) is 69.7 Å². The molecule has 5 heteroatoms. The molecule has 2 heterocycles. The molecule has 4 aromatic rings. The van der Waals surface area contributed by atoms with Crippen molar-refractivity contribution < 1.29 is 13.6 Å². The minimum Gasteiger partial charge on any atom is -0.465 e. The lowest BCUT2D eigenvalue weighted by atomic mass is 10.1. The van der Waals surface area contributed by atoms with Crippen LogP contribution in [0.5, 0.6) is 0 Å². The van der Waals surface area contributed by atoms with Gasteiger partial charge in [0, 0.05) is 17.3 Å². The van der Waals surface area contributed by atoms with Gasteiger partial charge in [-0.2, -0.15) is 0 Å². The van der Waals surface area contributed by atoms with Gasteiger partial charge in [0.25, 0.3) is 0 Å². The molecule has 5 nitrogen and oxygen atoms in total. The van der Waals surface area contributed by atoms with Gasteiger partial charge in [-0.05, 0) is 67.4 Å². The van der Waals surface area contributed by atoms with Gasteiger partial charge in [-0.1, -0.05) is 12.1 Å². The fourth-order valence-corrected chi connectivity index (χ4v) is 2.96. The highest BCUT2D eigenvalue weighted by molar-refractivity contribution is 6.02. The van der Waals surface area contributed by atoms with E-state index in [1.165, 1.54) is 6.08 Å². The molecule has 2 aromatic carbocycles. The van der Waals surface area contributed by atoms with Crippen molar-refractivity contribution >= 4 is 28.8 Å². The van der Waals surface area contributed by atoms with Crippen LogP contribution in [0.1, 0.15) is 16.9 Å². The van der Waals surface area contributed by atoms with Crippen molar-refractivity contribution in [3.05, 3.63) is 77.8 Å². The lowest BCUT2D eigenvalue weighted by molar-refractivity contribution is -0.111. The molecule has 27 heavy (non-hydrogen) atoms. The standard InChI is InChI=1S/C22H18N2O3/c1-14-11-15(2)21-19(12-14)24-22(27-21)16-5-3-6-17(13-16)23-20(25)9-8-18-7-4-10-26-18/h3-13H,1-2H3,(H,23,25)/b9-8+. The maximum absolute atomic E-state index is 12.1. The number of amides is 1. The second-order valence-electron chi connectivity index (χ2n) is 6.37. The summed E-state index contributed by atoms with van der Waals surface area (Å²) >= 11 is 0. The van der Waals surface area contributed by atoms with Crippen LogP contribution in [0.3, 0.4) is 0 Å². The minimum atomic E-state index is -0.243. The molecule has 0 atom stereocenters. The van der Waals surface area contributed by atoms with Gasteiger partial charge in [0.15, 0.2) is 5.58 Å². The second kappa shape index (κ2) is 6.96. The van der Waals surface area contributed by atoms with Crippen molar-refractivity contribution in [1.82, 2.24) is 4.98 Å². The number of oxazole rings is 1. The Kier molecular flexibility index (Phi) is 4.34. The summed E-state index contributed by atoms with van der Waals surface area (Å²) in [7, 11) is 0. The van der Waals surface area contributed by atoms with E-state index in [9.17, 15) is 4.79 Å². The summed E-state index contributed by atoms with van der Waals surface area (Å²) in [6.45, 7) is 4.04. The second-order valence-corrected chi connectivity index (χ2v) is 6.37. The first-order valence-electron chi connectivity index (χ1n) is 8.59. The molecule has 0 aliphatic carbocycles. The molecule has 0 saturated carbocycles. The SMILES string of the molecule is Cc1cc(C)c2oc(-c3cccc(NC(=O)/C=C/c4ccco4)c3)nc2c1. The Labute approximate surface area is 156 Å². The van der Waals surface area contributed by atoms with Gasteiger partial charge in [0.1, 0.15) is 11.3 Å². The van der Waals surface area contributed by atoms with E-state index < -0.39 is 0 Å². The number of furan rings is 1. The maximum Gasteiger partial charge on any atom is 0.248 e. The van der Waals surface area contributed by atoms with Gasteiger partial charge in [-0.15, -0.1) is 0 Å². The summed E-state index contributed by atoms with van der Waals surface area (Å²) in [5, 5.41) is 2.83. The lowest BCUT2D eigenvalue weighted by Gasteiger charge is -2.03. The monoisotopic (exact) mass is 358 g/mol. The molecule has 4 rings (SSSR count). The molecule has 0 saturated heterocycles. The Morgan fingerprint density at radius 2 is 2.00 bits per heavy atom. The van der Waals surface area contributed by atoms with Gasteiger partial charge >= 0.3 is 0 Å². The minimum absolute atomic E-state index is 0.243. The van der Waals surface area contributed by atoms with E-state index >= 15 is 0 Å². The maximum atomic E-state index is 12.1. The Hall–Kier alpha value is -3.60. The van der Waals surface area contributed by atoms with Crippen molar-refractivity contribution in [2.45, 2.75) is 13.8 Å². The van der Waals surface area contributed by atoms with Gasteiger partial charge in [0.2, 0.25) is 11.8 Å². The number of nitrogens with zero attached hydrogens (tertiary/aromatic N) is 1. The zero-order chi connectivity index (χ0) is 18.8. The van der Waals surface area contributed by atoms with E-state index in [0.29, 0.717) is 17.3 Å². The predicted molar refractivity (Wildman–Crippen MR) is 105 cm³/mol. The highest BCUT2D eigenvalue weighted by Gasteiger charge is 2.11. The molecule has 0 fully saturated rings. The van der Waals surface area contributed by atoms with Crippen molar-refractivity contribution in [3.63, 3.8) is 0 Å². The topological polar surface area (TPSA) is 68.3 Å². The Morgan fingerprint density at radius 3 is 2.81 bits per heavy atom. The number of nitrogens with one attached hydrogen (secondary N) is 1. The quantitative estimate of drug-likeness (QED) is 0.499. The number of carbonyl (C=O) groups is 1. The summed E-state index contributed by atoms with van der Waals surface area (Å²) in [6.07, 6.45) is 4.60. The Morgan fingerprint density at radius 1 is 1.11 bits per heavy atom. The Balaban J connectivity index is 1.57. The predicted octanol–water partition coefficient (Wildman–Crippen LogP) is 5.36. The van der Waals surface area contributed by atoms with E-state index in [1.807, 2.05) is 44.2 Å². The largest absolute Gasteiger partial charge is 0.465 e. The van der Waals surface area contributed by atoms with E-state index in [1.54, 1.807) is 24.5 Å². The molecular weight excluding hydrogens is 340 g/mol. The molecule has 1 amide bonds. The van der Waals surface area contributed by atoms with Crippen molar-refractivity contribution in [1.29, 1.82) is 0 Å². The first-order valence-corrected chi connectivity index (χ1v) is 8.59. The normalized spacial score (nSPS) is 11.3. The van der Waals surface area contributed by atoms with Gasteiger partial charge in [-0.25, -0.2) is 4.98 Å². The molecule has 0 spiro atoms. The molecule has 0 bridgehead atoms. The van der Waals surface area contributed by atoms with Crippen molar-refractivity contribution in [3.8, 4) is 11.5 Å². The van der Waals surface area contributed by atoms with E-state index in [4.69, 9.17) is 8.83 Å². The molecule has 0 aliphatic heterocycles. The first kappa shape index (κ1) is 16.8. The fourth-order valence-electron chi connectivity index (χ4n) is 2.96. The van der Waals surface area contributed by atoms with Crippen molar-refractivity contribution in [2.24, 2.45) is 0 Å². The Bertz CT molecular complexity index is 1140. The van der Waals surface area contributed by atoms with E-state index in [2.05, 4.69) is 16.4 Å². The number of fused-ring (bicyclic) bond motifs is 1. The van der Waals surface area contributed by atoms with Crippen molar-refractivity contribution in [2.75, 3.05) is 5.32 Å². The average Bonchev–Trinajstić information content (AvgIpc) is 3.30. The number of rotatable bonds is 4. The molecule has 2 aromatic heterocycles. The van der Waals surface area contributed by atoms with Crippen LogP contribution in [0.4, 0.5) is 5.69 Å². The number of hydrogen-bond acceptors (Lipinski definition) is 4. The number of hydrogen-bond donors (Lipinski definition) is 1. The summed E-state index contributed by atoms with van der Waals surface area (Å²) in [5.74, 6) is 0.907. The van der Waals surface area contributed by atoms with Crippen LogP contribution in [0, 0.1) is 13.8 Å². The van der Waals surface area contributed by atoms with Crippen LogP contribution in [-0.2, 0) is 4.79 Å². The fraction of sp³-hybridized carbons (Fsp3) is 0.0909. The van der Waals surface area contributed by atoms with Crippen LogP contribution in [0.2, 0.25) is 0 Å². The number of anilines is 1. The highest BCUT2D eigenvalue weighted by Crippen LogP contribution is 2.28. The summed E-state index contributed by atoms with van der Waals surface area (Å²) in [6, 6.07) is 15.0. The molecule has 134 valence electrons. The molecule has 0 radical (unpaired) electrons. The third-order valence-corrected chi connectivity index (χ3v) is 4.14. The van der Waals surface area contributed by atoms with Gasteiger partial charge in [-0.3, -0.25) is 4.79 Å². The number of aryl methyl sites for hydroxylation is 2. The van der Waals surface area contributed by atoms with E-state index in [-0.39, 0.29) is 5.91 Å². The third kappa shape index (κ3) is 3.67. The molecular formula is C22H18N2O3. The number of benzene rings is 2. The number of aromatic nitrogens is 1. The third-order valence-electron chi connectivity index (χ3n) is 4.14. The summed E-state index contributed by atoms with van der Waals surface area (Å²) in [4.78, 5) is 16.7. The average molecular weight is 358 g/mol. The van der Waals surface area contributed by atoms with Crippen LogP contribution < -0.4 is 5.32 Å². The zero-order valence-electron chi connectivity index (χ0n) is 15.0. The smallest absolute Gasteiger partial charge is 0.248 e. The van der Waals surface area contributed by atoms with E-state index in [0.717, 1.165) is 27.8 Å². The zero-order valence-corrected chi connectivity index (χ0v) is 15.0. The van der Waals surface area contributed by atoms with Gasteiger partial charge in [0.05, 0.1) is 6.26 Å². The van der Waals surface area contributed by atoms with Crippen LogP contribution >= 0.6 is 0 Å². The first-order chi connectivity index (χ1) is 13.1. The lowest BCUT2D eigenvalue weighted by Crippen LogP contribution is -2.07. The van der Waals surface area contributed by atoms with Crippen LogP contribution in [0.25, 0.3) is 28.6 Å². The molecule has 0 unspecified atom stereocenters. The molecule has 1 N–H and O–H groups in total. The number of carbonyl (C=O) groups excluding carboxylic acids is 1.